The molecule has 1 saturated heterocycles. The van der Waals surface area contributed by atoms with Crippen LogP contribution in [0, 0.1) is 11.3 Å². The van der Waals surface area contributed by atoms with Gasteiger partial charge in [0.05, 0.1) is 16.3 Å². The molecule has 1 atom stereocenters. The van der Waals surface area contributed by atoms with Crippen LogP contribution in [0.2, 0.25) is 5.02 Å². The molecular formula is C17H15ClN4O. The number of likely N-dealkylation sites (tertiary alicyclic amines) is 1. The quantitative estimate of drug-likeness (QED) is 0.941. The minimum Gasteiger partial charge on any atom is -0.378 e. The number of amides is 1. The van der Waals surface area contributed by atoms with Gasteiger partial charge in [-0.2, -0.15) is 5.26 Å². The molecule has 6 heteroatoms. The highest BCUT2D eigenvalue weighted by Crippen LogP contribution is 2.28. The van der Waals surface area contributed by atoms with Gasteiger partial charge in [-0.15, -0.1) is 0 Å². The van der Waals surface area contributed by atoms with Gasteiger partial charge in [-0.3, -0.25) is 9.78 Å². The van der Waals surface area contributed by atoms with Crippen LogP contribution in [0.5, 0.6) is 0 Å². The van der Waals surface area contributed by atoms with Crippen LogP contribution >= 0.6 is 11.6 Å². The second kappa shape index (κ2) is 6.67. The highest BCUT2D eigenvalue weighted by atomic mass is 35.5. The van der Waals surface area contributed by atoms with E-state index in [1.165, 1.54) is 0 Å². The predicted molar refractivity (Wildman–Crippen MR) is 88.3 cm³/mol. The van der Waals surface area contributed by atoms with Gasteiger partial charge in [0, 0.05) is 25.3 Å². The lowest BCUT2D eigenvalue weighted by molar-refractivity contribution is 0.0786. The smallest absolute Gasteiger partial charge is 0.272 e. The van der Waals surface area contributed by atoms with E-state index in [9.17, 15) is 10.1 Å². The third-order valence-corrected chi connectivity index (χ3v) is 4.16. The van der Waals surface area contributed by atoms with Crippen molar-refractivity contribution in [2.75, 3.05) is 18.4 Å². The zero-order valence-corrected chi connectivity index (χ0v) is 13.1. The van der Waals surface area contributed by atoms with Gasteiger partial charge >= 0.3 is 0 Å². The summed E-state index contributed by atoms with van der Waals surface area (Å²) in [6.07, 6.45) is 2.41. The molecule has 5 nitrogen and oxygen atoms in total. The number of halogens is 1. The number of hydrogen-bond acceptors (Lipinski definition) is 4. The minimum absolute atomic E-state index is 0.0645. The van der Waals surface area contributed by atoms with E-state index < -0.39 is 0 Å². The first kappa shape index (κ1) is 15.3. The van der Waals surface area contributed by atoms with Crippen molar-refractivity contribution in [2.24, 2.45) is 0 Å². The molecular weight excluding hydrogens is 312 g/mol. The van der Waals surface area contributed by atoms with Crippen LogP contribution in [0.15, 0.2) is 42.6 Å². The van der Waals surface area contributed by atoms with Crippen molar-refractivity contribution < 1.29 is 4.79 Å². The standard InChI is InChI=1S/C17H15ClN4O/c18-14-5-3-4-12(10-19)16(14)21-13-7-9-22(11-13)17(23)15-6-1-2-8-20-15/h1-6,8,13,21H,7,9,11H2/t13-/m0/s1. The zero-order valence-electron chi connectivity index (χ0n) is 12.4. The summed E-state index contributed by atoms with van der Waals surface area (Å²) in [4.78, 5) is 18.3. The van der Waals surface area contributed by atoms with Crippen LogP contribution in [0.3, 0.4) is 0 Å². The van der Waals surface area contributed by atoms with Crippen LogP contribution in [-0.2, 0) is 0 Å². The zero-order chi connectivity index (χ0) is 16.2. The maximum absolute atomic E-state index is 12.4. The number of nitriles is 1. The van der Waals surface area contributed by atoms with Crippen LogP contribution in [0.4, 0.5) is 5.69 Å². The molecule has 3 rings (SSSR count). The number of carbonyl (C=O) groups is 1. The van der Waals surface area contributed by atoms with Crippen molar-refractivity contribution in [3.8, 4) is 6.07 Å². The molecule has 0 spiro atoms. The molecule has 1 aliphatic heterocycles. The number of pyridine rings is 1. The van der Waals surface area contributed by atoms with Crippen molar-refractivity contribution in [3.05, 3.63) is 58.9 Å². The Morgan fingerprint density at radius 1 is 1.35 bits per heavy atom. The highest BCUT2D eigenvalue weighted by Gasteiger charge is 2.28. The summed E-state index contributed by atoms with van der Waals surface area (Å²) < 4.78 is 0. The number of nitrogens with one attached hydrogen (secondary N) is 1. The lowest BCUT2D eigenvalue weighted by Crippen LogP contribution is -2.32. The molecule has 1 amide bonds. The second-order valence-corrected chi connectivity index (χ2v) is 5.78. The Balaban J connectivity index is 1.70. The topological polar surface area (TPSA) is 69.0 Å². The minimum atomic E-state index is -0.0745. The van der Waals surface area contributed by atoms with Crippen molar-refractivity contribution in [2.45, 2.75) is 12.5 Å². The normalized spacial score (nSPS) is 16.9. The van der Waals surface area contributed by atoms with Crippen LogP contribution in [0.25, 0.3) is 0 Å². The molecule has 1 aromatic carbocycles. The van der Waals surface area contributed by atoms with Crippen molar-refractivity contribution in [1.82, 2.24) is 9.88 Å². The largest absolute Gasteiger partial charge is 0.378 e. The van der Waals surface area contributed by atoms with Crippen molar-refractivity contribution >= 4 is 23.2 Å². The summed E-state index contributed by atoms with van der Waals surface area (Å²) in [5.74, 6) is -0.0745. The van der Waals surface area contributed by atoms with E-state index in [4.69, 9.17) is 11.6 Å². The fourth-order valence-corrected chi connectivity index (χ4v) is 2.91. The summed E-state index contributed by atoms with van der Waals surface area (Å²) in [6.45, 7) is 1.21. The summed E-state index contributed by atoms with van der Waals surface area (Å²) in [5, 5.41) is 13.0. The number of hydrogen-bond donors (Lipinski definition) is 1. The Kier molecular flexibility index (Phi) is 4.45. The number of aromatic nitrogens is 1. The number of anilines is 1. The lowest BCUT2D eigenvalue weighted by Gasteiger charge is -2.18. The summed E-state index contributed by atoms with van der Waals surface area (Å²) in [5.41, 5.74) is 1.59. The highest BCUT2D eigenvalue weighted by molar-refractivity contribution is 6.33. The molecule has 0 bridgehead atoms. The van der Waals surface area contributed by atoms with Crippen LogP contribution < -0.4 is 5.32 Å². The Labute approximate surface area is 139 Å². The van der Waals surface area contributed by atoms with E-state index in [0.717, 1.165) is 6.42 Å². The Hall–Kier alpha value is -2.58. The first-order valence-corrected chi connectivity index (χ1v) is 7.72. The van der Waals surface area contributed by atoms with E-state index in [1.807, 2.05) is 0 Å². The summed E-state index contributed by atoms with van der Waals surface area (Å²) >= 11 is 6.18. The van der Waals surface area contributed by atoms with Gasteiger partial charge < -0.3 is 10.2 Å². The van der Waals surface area contributed by atoms with Crippen LogP contribution in [-0.4, -0.2) is 34.9 Å². The number of benzene rings is 1. The van der Waals surface area contributed by atoms with E-state index >= 15 is 0 Å². The SMILES string of the molecule is N#Cc1cccc(Cl)c1N[C@H]1CCN(C(=O)c2ccccn2)C1. The van der Waals surface area contributed by atoms with Gasteiger partial charge in [0.15, 0.2) is 0 Å². The molecule has 0 saturated carbocycles. The molecule has 1 fully saturated rings. The van der Waals surface area contributed by atoms with E-state index in [-0.39, 0.29) is 11.9 Å². The van der Waals surface area contributed by atoms with Gasteiger partial charge in [-0.1, -0.05) is 23.7 Å². The lowest BCUT2D eigenvalue weighted by atomic mass is 10.1. The number of para-hydroxylation sites is 1. The number of carbonyl (C=O) groups excluding carboxylic acids is 1. The molecule has 0 aliphatic carbocycles. The monoisotopic (exact) mass is 326 g/mol. The molecule has 0 unspecified atom stereocenters. The molecule has 1 aliphatic rings. The first-order chi connectivity index (χ1) is 11.2. The van der Waals surface area contributed by atoms with Crippen LogP contribution in [0.1, 0.15) is 22.5 Å². The molecule has 1 N–H and O–H groups in total. The molecule has 23 heavy (non-hydrogen) atoms. The van der Waals surface area contributed by atoms with Crippen molar-refractivity contribution in [3.63, 3.8) is 0 Å². The second-order valence-electron chi connectivity index (χ2n) is 5.37. The summed E-state index contributed by atoms with van der Waals surface area (Å²) in [6, 6.07) is 12.7. The van der Waals surface area contributed by atoms with Gasteiger partial charge in [0.1, 0.15) is 11.8 Å². The summed E-state index contributed by atoms with van der Waals surface area (Å²) in [7, 11) is 0. The fraction of sp³-hybridized carbons (Fsp3) is 0.235. The van der Waals surface area contributed by atoms with Gasteiger partial charge in [-0.05, 0) is 30.7 Å². The fourth-order valence-electron chi connectivity index (χ4n) is 2.68. The molecule has 1 aromatic heterocycles. The Morgan fingerprint density at radius 3 is 2.96 bits per heavy atom. The predicted octanol–water partition coefficient (Wildman–Crippen LogP) is 2.93. The average Bonchev–Trinajstić information content (AvgIpc) is 3.05. The van der Waals surface area contributed by atoms with E-state index in [0.29, 0.717) is 35.1 Å². The third kappa shape index (κ3) is 3.27. The Morgan fingerprint density at radius 2 is 2.22 bits per heavy atom. The maximum atomic E-state index is 12.4. The third-order valence-electron chi connectivity index (χ3n) is 3.84. The number of rotatable bonds is 3. The van der Waals surface area contributed by atoms with Gasteiger partial charge in [0.2, 0.25) is 0 Å². The molecule has 2 aromatic rings. The van der Waals surface area contributed by atoms with Crippen molar-refractivity contribution in [1.29, 1.82) is 5.26 Å². The number of nitrogens with zero attached hydrogens (tertiary/aromatic N) is 3. The maximum Gasteiger partial charge on any atom is 0.272 e. The Bertz CT molecular complexity index is 757. The van der Waals surface area contributed by atoms with Gasteiger partial charge in [-0.25, -0.2) is 0 Å². The molecule has 2 heterocycles. The first-order valence-electron chi connectivity index (χ1n) is 7.34. The van der Waals surface area contributed by atoms with E-state index in [2.05, 4.69) is 16.4 Å². The molecule has 116 valence electrons. The average molecular weight is 327 g/mol. The molecule has 0 radical (unpaired) electrons. The van der Waals surface area contributed by atoms with Gasteiger partial charge in [0.25, 0.3) is 5.91 Å². The van der Waals surface area contributed by atoms with E-state index in [1.54, 1.807) is 47.5 Å².